The Labute approximate surface area is 170 Å². The van der Waals surface area contributed by atoms with Gasteiger partial charge in [-0.15, -0.1) is 0 Å². The molecule has 0 aromatic rings. The maximum absolute atomic E-state index is 10.3. The van der Waals surface area contributed by atoms with E-state index < -0.39 is 5.97 Å². The van der Waals surface area contributed by atoms with Crippen LogP contribution in [0.1, 0.15) is 113 Å². The van der Waals surface area contributed by atoms with Crippen molar-refractivity contribution in [3.63, 3.8) is 0 Å². The van der Waals surface area contributed by atoms with Gasteiger partial charge in [0.05, 0.1) is 0 Å². The second-order valence-corrected chi connectivity index (χ2v) is 6.09. The minimum absolute atomic E-state index is 0. The standard InChI is InChI=1S/C18H36O2.Fe.Mg.O.2H/c1-2-3-4-5-6-7-8-9-10-11-12-13-14-15-16-17-18(19)20;;;;;/h2-17H2,1H3,(H,19,20);;;;;/q;;+2;;2*-1. The summed E-state index contributed by atoms with van der Waals surface area (Å²) in [7, 11) is 0. The van der Waals surface area contributed by atoms with E-state index in [1.165, 1.54) is 83.5 Å². The van der Waals surface area contributed by atoms with Gasteiger partial charge in [-0.2, -0.15) is 0 Å². The first-order valence-electron chi connectivity index (χ1n) is 9.13. The zero-order valence-corrected chi connectivity index (χ0v) is 17.7. The van der Waals surface area contributed by atoms with E-state index in [2.05, 4.69) is 6.92 Å². The second kappa shape index (κ2) is 27.4. The van der Waals surface area contributed by atoms with Crippen molar-refractivity contribution in [1.82, 2.24) is 0 Å². The Morgan fingerprint density at radius 2 is 0.957 bits per heavy atom. The zero-order chi connectivity index (χ0) is 16.9. The van der Waals surface area contributed by atoms with E-state index in [1.54, 1.807) is 0 Å². The molecular formula is C18H38FeMgO3. The molecule has 138 valence electrons. The molecule has 0 heterocycles. The number of carboxylic acids is 1. The summed E-state index contributed by atoms with van der Waals surface area (Å²) in [6.07, 6.45) is 20.2. The van der Waals surface area contributed by atoms with Crippen LogP contribution in [0.5, 0.6) is 0 Å². The van der Waals surface area contributed by atoms with E-state index in [4.69, 9.17) is 8.94 Å². The summed E-state index contributed by atoms with van der Waals surface area (Å²) in [6, 6.07) is 0. The monoisotopic (exact) mass is 382 g/mol. The van der Waals surface area contributed by atoms with Crippen molar-refractivity contribution in [1.29, 1.82) is 0 Å². The Hall–Kier alpha value is 0.556. The molecule has 0 rings (SSSR count). The van der Waals surface area contributed by atoms with Gasteiger partial charge in [0.15, 0.2) is 0 Å². The molecule has 0 aromatic heterocycles. The van der Waals surface area contributed by atoms with E-state index in [0.717, 1.165) is 12.8 Å². The molecule has 0 atom stereocenters. The van der Waals surface area contributed by atoms with Gasteiger partial charge in [0.25, 0.3) is 0 Å². The fourth-order valence-electron chi connectivity index (χ4n) is 2.65. The fraction of sp³-hybridized carbons (Fsp3) is 0.944. The molecule has 0 aromatic carbocycles. The molecule has 0 radical (unpaired) electrons. The topological polar surface area (TPSA) is 54.4 Å². The first kappa shape index (κ1) is 28.4. The number of rotatable bonds is 16. The van der Waals surface area contributed by atoms with Crippen LogP contribution in [0.25, 0.3) is 0 Å². The van der Waals surface area contributed by atoms with Crippen molar-refractivity contribution in [2.75, 3.05) is 0 Å². The zero-order valence-electron chi connectivity index (χ0n) is 17.1. The normalized spacial score (nSPS) is 9.65. The van der Waals surface area contributed by atoms with E-state index >= 15 is 0 Å². The summed E-state index contributed by atoms with van der Waals surface area (Å²) in [5, 5.41) is 8.52. The molecule has 0 bridgehead atoms. The van der Waals surface area contributed by atoms with E-state index in [0.29, 0.717) is 6.42 Å². The third-order valence-electron chi connectivity index (χ3n) is 3.99. The molecule has 0 aliphatic carbocycles. The molecule has 0 saturated heterocycles. The van der Waals surface area contributed by atoms with Gasteiger partial charge >= 0.3 is 48.8 Å². The van der Waals surface area contributed by atoms with Crippen LogP contribution < -0.4 is 0 Å². The van der Waals surface area contributed by atoms with Crippen LogP contribution >= 0.6 is 0 Å². The van der Waals surface area contributed by atoms with Gasteiger partial charge in [-0.05, 0) is 6.42 Å². The van der Waals surface area contributed by atoms with E-state index in [9.17, 15) is 4.79 Å². The van der Waals surface area contributed by atoms with Gasteiger partial charge in [-0.1, -0.05) is 96.8 Å². The Kier molecular flexibility index (Phi) is 33.8. The molecule has 3 nitrogen and oxygen atoms in total. The molecule has 0 aliphatic heterocycles. The fourth-order valence-corrected chi connectivity index (χ4v) is 2.65. The number of carbonyl (C=O) groups is 1. The van der Waals surface area contributed by atoms with Gasteiger partial charge in [0.2, 0.25) is 0 Å². The number of hydrogen-bond acceptors (Lipinski definition) is 2. The molecule has 0 spiro atoms. The summed E-state index contributed by atoms with van der Waals surface area (Å²) in [4.78, 5) is 10.3. The molecule has 0 amide bonds. The number of aliphatic carboxylic acids is 1. The molecule has 0 aliphatic rings. The van der Waals surface area contributed by atoms with E-state index in [-0.39, 0.29) is 25.9 Å². The predicted molar refractivity (Wildman–Crippen MR) is 95.8 cm³/mol. The van der Waals surface area contributed by atoms with Crippen LogP contribution in [0.2, 0.25) is 0 Å². The molecule has 0 fully saturated rings. The van der Waals surface area contributed by atoms with Crippen molar-refractivity contribution in [2.24, 2.45) is 0 Å². The summed E-state index contributed by atoms with van der Waals surface area (Å²) in [5.74, 6) is -0.653. The van der Waals surface area contributed by atoms with Crippen LogP contribution in [0, 0.1) is 0 Å². The molecule has 0 saturated carbocycles. The van der Waals surface area contributed by atoms with Gasteiger partial charge in [-0.3, -0.25) is 4.79 Å². The van der Waals surface area contributed by atoms with Gasteiger partial charge in [-0.25, -0.2) is 0 Å². The van der Waals surface area contributed by atoms with Crippen molar-refractivity contribution < 1.29 is 32.5 Å². The van der Waals surface area contributed by atoms with Crippen LogP contribution in [0.3, 0.4) is 0 Å². The van der Waals surface area contributed by atoms with Crippen molar-refractivity contribution >= 4 is 29.0 Å². The molecule has 1 N–H and O–H groups in total. The third kappa shape index (κ3) is 30.9. The molecular weight excluding hydrogens is 344 g/mol. The Morgan fingerprint density at radius 1 is 0.696 bits per heavy atom. The van der Waals surface area contributed by atoms with Crippen LogP contribution in [-0.2, 0) is 24.6 Å². The van der Waals surface area contributed by atoms with Gasteiger partial charge < -0.3 is 7.96 Å². The van der Waals surface area contributed by atoms with Gasteiger partial charge in [0, 0.05) is 6.42 Å². The van der Waals surface area contributed by atoms with Crippen LogP contribution in [0.4, 0.5) is 0 Å². The Balaban J connectivity index is -0.000000256. The number of carboxylic acid groups (broad SMARTS) is 1. The van der Waals surface area contributed by atoms with Crippen molar-refractivity contribution in [2.45, 2.75) is 110 Å². The molecule has 5 heteroatoms. The summed E-state index contributed by atoms with van der Waals surface area (Å²) >= 11 is 2.00. The van der Waals surface area contributed by atoms with E-state index in [1.807, 2.05) is 15.9 Å². The number of hydrogen-bond donors (Lipinski definition) is 1. The Morgan fingerprint density at radius 3 is 1.22 bits per heavy atom. The summed E-state index contributed by atoms with van der Waals surface area (Å²) in [6.45, 7) is 2.27. The second-order valence-electron chi connectivity index (χ2n) is 6.09. The first-order chi connectivity index (χ1) is 10.8. The Bertz CT molecular complexity index is 238. The average Bonchev–Trinajstić information content (AvgIpc) is 2.53. The van der Waals surface area contributed by atoms with Crippen LogP contribution in [0.15, 0.2) is 0 Å². The van der Waals surface area contributed by atoms with Crippen molar-refractivity contribution in [3.8, 4) is 0 Å². The van der Waals surface area contributed by atoms with Crippen LogP contribution in [-0.4, -0.2) is 34.1 Å². The summed E-state index contributed by atoms with van der Waals surface area (Å²) < 4.78 is 8.00. The number of unbranched alkanes of at least 4 members (excludes halogenated alkanes) is 14. The quantitative estimate of drug-likeness (QED) is 0.261. The predicted octanol–water partition coefficient (Wildman–Crippen LogP) is 6.06. The van der Waals surface area contributed by atoms with Gasteiger partial charge in [0.1, 0.15) is 0 Å². The summed E-state index contributed by atoms with van der Waals surface area (Å²) in [5.41, 5.74) is 0. The molecule has 23 heavy (non-hydrogen) atoms. The molecule has 0 unspecified atom stereocenters. The third-order valence-corrected chi connectivity index (χ3v) is 3.99. The maximum atomic E-state index is 10.3. The average molecular weight is 383 g/mol. The first-order valence-corrected chi connectivity index (χ1v) is 9.58. The minimum atomic E-state index is -0.653. The SMILES string of the molecule is CCCCCCCCCCCCCCCCCC(=O)O.[H-].[H-].[Mg+2].[O]=[Fe]. The van der Waals surface area contributed by atoms with Crippen molar-refractivity contribution in [3.05, 3.63) is 0 Å².